The number of H-pyrrole nitrogens is 1. The first kappa shape index (κ1) is 12.4. The molecule has 2 aliphatic rings. The monoisotopic (exact) mass is 261 g/mol. The molecule has 19 heavy (non-hydrogen) atoms. The second-order valence-corrected chi connectivity index (χ2v) is 5.51. The molecule has 1 N–H and O–H groups in total. The molecule has 0 saturated carbocycles. The Morgan fingerprint density at radius 2 is 2.11 bits per heavy atom. The third-order valence-electron chi connectivity index (χ3n) is 4.49. The van der Waals surface area contributed by atoms with E-state index in [2.05, 4.69) is 16.9 Å². The molecule has 2 aliphatic heterocycles. The second-order valence-electron chi connectivity index (χ2n) is 5.51. The molecule has 5 nitrogen and oxygen atoms in total. The molecule has 1 aromatic heterocycles. The van der Waals surface area contributed by atoms with Gasteiger partial charge >= 0.3 is 0 Å². The molecule has 2 bridgehead atoms. The van der Waals surface area contributed by atoms with Crippen LogP contribution in [-0.2, 0) is 0 Å². The molecule has 1 aromatic rings. The largest absolute Gasteiger partial charge is 0.367 e. The molecule has 3 rings (SSSR count). The lowest BCUT2D eigenvalue weighted by atomic mass is 10.1. The van der Waals surface area contributed by atoms with Crippen molar-refractivity contribution in [3.63, 3.8) is 0 Å². The highest BCUT2D eigenvalue weighted by atomic mass is 16.2. The van der Waals surface area contributed by atoms with Crippen LogP contribution in [0.15, 0.2) is 23.3 Å². The van der Waals surface area contributed by atoms with Crippen molar-refractivity contribution in [1.29, 1.82) is 0 Å². The number of carbonyl (C=O) groups is 1. The molecule has 0 spiro atoms. The fraction of sp³-hybridized carbons (Fsp3) is 0.571. The van der Waals surface area contributed by atoms with Gasteiger partial charge in [-0.05, 0) is 26.3 Å². The fourth-order valence-corrected chi connectivity index (χ4v) is 3.25. The van der Waals surface area contributed by atoms with E-state index >= 15 is 0 Å². The Kier molecular flexibility index (Phi) is 3.14. The molecule has 2 unspecified atom stereocenters. The lowest BCUT2D eigenvalue weighted by Crippen LogP contribution is -2.41. The van der Waals surface area contributed by atoms with Crippen LogP contribution in [-0.4, -0.2) is 52.9 Å². The first-order chi connectivity index (χ1) is 9.16. The van der Waals surface area contributed by atoms with E-state index in [1.807, 2.05) is 4.90 Å². The topological polar surface area (TPSA) is 56.4 Å². The van der Waals surface area contributed by atoms with Crippen molar-refractivity contribution in [3.05, 3.63) is 34.2 Å². The number of carbonyl (C=O) groups excluding carboxylic acids is 1. The van der Waals surface area contributed by atoms with Crippen molar-refractivity contribution in [2.45, 2.75) is 31.3 Å². The minimum atomic E-state index is -0.202. The highest BCUT2D eigenvalue weighted by Crippen LogP contribution is 2.28. The Bertz CT molecular complexity index is 539. The van der Waals surface area contributed by atoms with E-state index in [9.17, 15) is 9.59 Å². The Hall–Kier alpha value is -1.62. The Balaban J connectivity index is 1.82. The summed E-state index contributed by atoms with van der Waals surface area (Å²) in [5.41, 5.74) is 0.0504. The van der Waals surface area contributed by atoms with Crippen LogP contribution >= 0.6 is 0 Å². The van der Waals surface area contributed by atoms with Crippen LogP contribution in [0.1, 0.15) is 29.6 Å². The summed E-state index contributed by atoms with van der Waals surface area (Å²) in [6, 6.07) is 2.44. The second kappa shape index (κ2) is 4.81. The van der Waals surface area contributed by atoms with Gasteiger partial charge in [-0.3, -0.25) is 14.5 Å². The zero-order valence-corrected chi connectivity index (χ0v) is 11.1. The Labute approximate surface area is 112 Å². The quantitative estimate of drug-likeness (QED) is 0.809. The van der Waals surface area contributed by atoms with Crippen molar-refractivity contribution in [1.82, 2.24) is 14.8 Å². The highest BCUT2D eigenvalue weighted by Gasteiger charge is 2.36. The number of aromatic amines is 1. The zero-order valence-electron chi connectivity index (χ0n) is 11.1. The van der Waals surface area contributed by atoms with Crippen LogP contribution in [0.25, 0.3) is 0 Å². The number of nitrogens with one attached hydrogen (secondary N) is 1. The number of likely N-dealkylation sites (tertiary alicyclic amines) is 1. The summed E-state index contributed by atoms with van der Waals surface area (Å²) < 4.78 is 0. The van der Waals surface area contributed by atoms with Gasteiger partial charge in [0.05, 0.1) is 0 Å². The van der Waals surface area contributed by atoms with Crippen molar-refractivity contribution < 1.29 is 4.79 Å². The number of fused-ring (bicyclic) bond motifs is 2. The summed E-state index contributed by atoms with van der Waals surface area (Å²) in [5.74, 6) is -0.136. The van der Waals surface area contributed by atoms with Crippen LogP contribution in [0.3, 0.4) is 0 Å². The molecule has 0 aromatic carbocycles. The maximum absolute atomic E-state index is 12.4. The van der Waals surface area contributed by atoms with Crippen molar-refractivity contribution >= 4 is 5.91 Å². The van der Waals surface area contributed by atoms with Gasteiger partial charge in [0, 0.05) is 43.6 Å². The van der Waals surface area contributed by atoms with Crippen LogP contribution in [0, 0.1) is 0 Å². The number of nitrogens with zero attached hydrogens (tertiary/aromatic N) is 2. The number of aromatic nitrogens is 1. The van der Waals surface area contributed by atoms with Gasteiger partial charge in [0.2, 0.25) is 0 Å². The smallest absolute Gasteiger partial charge is 0.259 e. The van der Waals surface area contributed by atoms with Crippen LogP contribution < -0.4 is 5.43 Å². The summed E-state index contributed by atoms with van der Waals surface area (Å²) in [7, 11) is 2.14. The van der Waals surface area contributed by atoms with E-state index in [4.69, 9.17) is 0 Å². The van der Waals surface area contributed by atoms with E-state index in [0.717, 1.165) is 25.9 Å². The van der Waals surface area contributed by atoms with Gasteiger partial charge in [0.1, 0.15) is 5.56 Å². The molecule has 102 valence electrons. The number of likely N-dealkylation sites (N-methyl/N-ethyl adjacent to an activating group) is 1. The van der Waals surface area contributed by atoms with Gasteiger partial charge < -0.3 is 9.88 Å². The van der Waals surface area contributed by atoms with Gasteiger partial charge in [0.15, 0.2) is 5.43 Å². The maximum atomic E-state index is 12.4. The number of rotatable bonds is 1. The van der Waals surface area contributed by atoms with Gasteiger partial charge in [0.25, 0.3) is 5.91 Å². The third-order valence-corrected chi connectivity index (χ3v) is 4.49. The minimum absolute atomic E-state index is 0.136. The van der Waals surface area contributed by atoms with E-state index in [0.29, 0.717) is 12.1 Å². The predicted molar refractivity (Wildman–Crippen MR) is 72.2 cm³/mol. The van der Waals surface area contributed by atoms with Gasteiger partial charge in [-0.2, -0.15) is 0 Å². The van der Waals surface area contributed by atoms with E-state index in [1.54, 1.807) is 6.20 Å². The summed E-state index contributed by atoms with van der Waals surface area (Å²) >= 11 is 0. The summed E-state index contributed by atoms with van der Waals surface area (Å²) in [6.07, 6.45) is 6.45. The van der Waals surface area contributed by atoms with E-state index in [1.165, 1.54) is 18.7 Å². The van der Waals surface area contributed by atoms with Gasteiger partial charge in [-0.25, -0.2) is 0 Å². The molecule has 2 fully saturated rings. The molecule has 2 saturated heterocycles. The molecule has 0 aliphatic carbocycles. The average Bonchev–Trinajstić information content (AvgIpc) is 2.63. The number of hydrogen-bond acceptors (Lipinski definition) is 3. The Morgan fingerprint density at radius 3 is 2.89 bits per heavy atom. The molecular weight excluding hydrogens is 242 g/mol. The van der Waals surface area contributed by atoms with Crippen LogP contribution in [0.2, 0.25) is 0 Å². The van der Waals surface area contributed by atoms with Crippen molar-refractivity contribution in [3.8, 4) is 0 Å². The molecule has 3 heterocycles. The normalized spacial score (nSPS) is 27.3. The van der Waals surface area contributed by atoms with E-state index in [-0.39, 0.29) is 16.9 Å². The Morgan fingerprint density at radius 1 is 1.32 bits per heavy atom. The maximum Gasteiger partial charge on any atom is 0.259 e. The predicted octanol–water partition coefficient (Wildman–Crippen LogP) is 0.684. The summed E-state index contributed by atoms with van der Waals surface area (Å²) in [6.45, 7) is 1.48. The highest BCUT2D eigenvalue weighted by molar-refractivity contribution is 5.93. The standard InChI is InChI=1S/C14H19N3O2/c1-16-10-2-3-11(16)9-17(7-5-10)14(19)12-8-15-6-4-13(12)18/h4,6,8,10-11H,2-3,5,7,9H2,1H3,(H,15,18). The van der Waals surface area contributed by atoms with E-state index < -0.39 is 0 Å². The molecule has 0 radical (unpaired) electrons. The summed E-state index contributed by atoms with van der Waals surface area (Å²) in [5, 5.41) is 0. The van der Waals surface area contributed by atoms with Gasteiger partial charge in [-0.1, -0.05) is 0 Å². The molecule has 1 amide bonds. The average molecular weight is 261 g/mol. The zero-order chi connectivity index (χ0) is 13.4. The lowest BCUT2D eigenvalue weighted by Gasteiger charge is -2.25. The molecule has 5 heteroatoms. The van der Waals surface area contributed by atoms with Crippen molar-refractivity contribution in [2.24, 2.45) is 0 Å². The fourth-order valence-electron chi connectivity index (χ4n) is 3.25. The van der Waals surface area contributed by atoms with Crippen LogP contribution in [0.5, 0.6) is 0 Å². The first-order valence-electron chi connectivity index (χ1n) is 6.85. The number of amides is 1. The molecule has 2 atom stereocenters. The summed E-state index contributed by atoms with van der Waals surface area (Å²) in [4.78, 5) is 31.2. The van der Waals surface area contributed by atoms with Crippen molar-refractivity contribution in [2.75, 3.05) is 20.1 Å². The number of hydrogen-bond donors (Lipinski definition) is 1. The minimum Gasteiger partial charge on any atom is -0.367 e. The van der Waals surface area contributed by atoms with Gasteiger partial charge in [-0.15, -0.1) is 0 Å². The third kappa shape index (κ3) is 2.18. The first-order valence-corrected chi connectivity index (χ1v) is 6.85. The lowest BCUT2D eigenvalue weighted by molar-refractivity contribution is 0.0738. The molecular formula is C14H19N3O2. The SMILES string of the molecule is CN1C2CCC1CN(C(=O)c1c[nH]ccc1=O)CC2. The number of pyridine rings is 1. The van der Waals surface area contributed by atoms with Crippen LogP contribution in [0.4, 0.5) is 0 Å².